The van der Waals surface area contributed by atoms with E-state index in [-0.39, 0.29) is 23.2 Å². The predicted octanol–water partition coefficient (Wildman–Crippen LogP) is 0.567. The Labute approximate surface area is 133 Å². The molecule has 23 heavy (non-hydrogen) atoms. The summed E-state index contributed by atoms with van der Waals surface area (Å²) < 4.78 is 0. The van der Waals surface area contributed by atoms with Gasteiger partial charge in [0.2, 0.25) is 5.91 Å². The lowest BCUT2D eigenvalue weighted by Crippen LogP contribution is -2.50. The SMILES string of the molecule is CC(NC(=O)c1cccc([N+](=O)[O-])c1)C(=O)NC(CN)C1CC1. The normalized spacial score (nSPS) is 16.3. The van der Waals surface area contributed by atoms with Gasteiger partial charge in [-0.25, -0.2) is 0 Å². The first-order valence-corrected chi connectivity index (χ1v) is 7.48. The van der Waals surface area contributed by atoms with Gasteiger partial charge in [0, 0.05) is 30.3 Å². The van der Waals surface area contributed by atoms with Crippen molar-refractivity contribution in [3.8, 4) is 0 Å². The second kappa shape index (κ2) is 7.19. The second-order valence-electron chi connectivity index (χ2n) is 5.69. The van der Waals surface area contributed by atoms with Crippen LogP contribution < -0.4 is 16.4 Å². The van der Waals surface area contributed by atoms with E-state index in [9.17, 15) is 19.7 Å². The summed E-state index contributed by atoms with van der Waals surface area (Å²) in [5.41, 5.74) is 5.59. The van der Waals surface area contributed by atoms with Gasteiger partial charge >= 0.3 is 0 Å². The zero-order chi connectivity index (χ0) is 17.0. The monoisotopic (exact) mass is 320 g/mol. The minimum atomic E-state index is -0.755. The Morgan fingerprint density at radius 2 is 2.09 bits per heavy atom. The van der Waals surface area contributed by atoms with Crippen LogP contribution in [0.1, 0.15) is 30.1 Å². The maximum atomic E-state index is 12.1. The average Bonchev–Trinajstić information content (AvgIpc) is 3.37. The number of nitrogens with zero attached hydrogens (tertiary/aromatic N) is 1. The first-order chi connectivity index (χ1) is 10.9. The van der Waals surface area contributed by atoms with Crippen molar-refractivity contribution >= 4 is 17.5 Å². The summed E-state index contributed by atoms with van der Waals surface area (Å²) in [6.45, 7) is 1.92. The van der Waals surface area contributed by atoms with Crippen LogP contribution in [0.5, 0.6) is 0 Å². The van der Waals surface area contributed by atoms with Gasteiger partial charge in [0.05, 0.1) is 4.92 Å². The summed E-state index contributed by atoms with van der Waals surface area (Å²) in [5, 5.41) is 16.1. The third-order valence-electron chi connectivity index (χ3n) is 3.83. The molecule has 8 nitrogen and oxygen atoms in total. The van der Waals surface area contributed by atoms with Crippen molar-refractivity contribution < 1.29 is 14.5 Å². The van der Waals surface area contributed by atoms with Crippen LogP contribution in [0.4, 0.5) is 5.69 Å². The fourth-order valence-electron chi connectivity index (χ4n) is 2.28. The molecule has 1 aliphatic carbocycles. The predicted molar refractivity (Wildman–Crippen MR) is 83.7 cm³/mol. The number of carbonyl (C=O) groups is 2. The second-order valence-corrected chi connectivity index (χ2v) is 5.69. The molecule has 0 radical (unpaired) electrons. The molecular weight excluding hydrogens is 300 g/mol. The molecule has 2 unspecified atom stereocenters. The highest BCUT2D eigenvalue weighted by atomic mass is 16.6. The smallest absolute Gasteiger partial charge is 0.270 e. The summed E-state index contributed by atoms with van der Waals surface area (Å²) in [5.74, 6) is -0.429. The third-order valence-corrected chi connectivity index (χ3v) is 3.83. The molecule has 0 spiro atoms. The molecule has 2 amide bonds. The molecule has 0 aliphatic heterocycles. The highest BCUT2D eigenvalue weighted by Gasteiger charge is 2.32. The van der Waals surface area contributed by atoms with Crippen LogP contribution in [-0.4, -0.2) is 35.4 Å². The Morgan fingerprint density at radius 1 is 1.39 bits per heavy atom. The Morgan fingerprint density at radius 3 is 2.65 bits per heavy atom. The lowest BCUT2D eigenvalue weighted by atomic mass is 10.1. The minimum absolute atomic E-state index is 0.0698. The van der Waals surface area contributed by atoms with E-state index in [1.54, 1.807) is 6.92 Å². The molecule has 124 valence electrons. The van der Waals surface area contributed by atoms with Crippen LogP contribution in [0.2, 0.25) is 0 Å². The van der Waals surface area contributed by atoms with E-state index in [4.69, 9.17) is 5.73 Å². The Hall–Kier alpha value is -2.48. The van der Waals surface area contributed by atoms with Crippen molar-refractivity contribution in [1.29, 1.82) is 0 Å². The van der Waals surface area contributed by atoms with Gasteiger partial charge < -0.3 is 16.4 Å². The number of nitro benzene ring substituents is 1. The molecule has 8 heteroatoms. The molecule has 0 heterocycles. The Bertz CT molecular complexity index is 615. The zero-order valence-corrected chi connectivity index (χ0v) is 12.8. The number of hydrogen-bond acceptors (Lipinski definition) is 5. The molecule has 1 fully saturated rings. The Balaban J connectivity index is 1.94. The molecule has 2 rings (SSSR count). The zero-order valence-electron chi connectivity index (χ0n) is 12.8. The topological polar surface area (TPSA) is 127 Å². The fourth-order valence-corrected chi connectivity index (χ4v) is 2.28. The van der Waals surface area contributed by atoms with Gasteiger partial charge in [-0.2, -0.15) is 0 Å². The first-order valence-electron chi connectivity index (χ1n) is 7.48. The summed E-state index contributed by atoms with van der Waals surface area (Å²) in [4.78, 5) is 34.3. The molecule has 1 saturated carbocycles. The number of hydrogen-bond donors (Lipinski definition) is 3. The van der Waals surface area contributed by atoms with Crippen LogP contribution in [0.3, 0.4) is 0 Å². The van der Waals surface area contributed by atoms with Gasteiger partial charge in [0.15, 0.2) is 0 Å². The van der Waals surface area contributed by atoms with Crippen LogP contribution >= 0.6 is 0 Å². The van der Waals surface area contributed by atoms with Crippen LogP contribution in [-0.2, 0) is 4.79 Å². The van der Waals surface area contributed by atoms with Crippen molar-refractivity contribution in [2.45, 2.75) is 31.8 Å². The fraction of sp³-hybridized carbons (Fsp3) is 0.467. The highest BCUT2D eigenvalue weighted by Crippen LogP contribution is 2.32. The number of benzene rings is 1. The van der Waals surface area contributed by atoms with Crippen molar-refractivity contribution in [3.63, 3.8) is 0 Å². The standard InChI is InChI=1S/C15H20N4O4/c1-9(14(20)18-13(8-16)10-5-6-10)17-15(21)11-3-2-4-12(7-11)19(22)23/h2-4,7,9-10,13H,5-6,8,16H2,1H3,(H,17,21)(H,18,20). The quantitative estimate of drug-likeness (QED) is 0.500. The summed E-state index contributed by atoms with van der Waals surface area (Å²) in [6, 6.07) is 4.53. The van der Waals surface area contributed by atoms with E-state index < -0.39 is 16.9 Å². The van der Waals surface area contributed by atoms with Crippen LogP contribution in [0.25, 0.3) is 0 Å². The number of non-ortho nitro benzene ring substituents is 1. The third kappa shape index (κ3) is 4.49. The molecule has 1 aromatic rings. The molecule has 0 saturated heterocycles. The van der Waals surface area contributed by atoms with E-state index >= 15 is 0 Å². The van der Waals surface area contributed by atoms with Gasteiger partial charge in [0.1, 0.15) is 6.04 Å². The van der Waals surface area contributed by atoms with Crippen LogP contribution in [0, 0.1) is 16.0 Å². The highest BCUT2D eigenvalue weighted by molar-refractivity contribution is 5.97. The maximum Gasteiger partial charge on any atom is 0.270 e. The lowest BCUT2D eigenvalue weighted by molar-refractivity contribution is -0.384. The minimum Gasteiger partial charge on any atom is -0.350 e. The number of nitro groups is 1. The van der Waals surface area contributed by atoms with Crippen molar-refractivity contribution in [1.82, 2.24) is 10.6 Å². The van der Waals surface area contributed by atoms with E-state index in [0.717, 1.165) is 12.8 Å². The summed E-state index contributed by atoms with van der Waals surface area (Å²) in [7, 11) is 0. The molecule has 4 N–H and O–H groups in total. The van der Waals surface area contributed by atoms with E-state index in [1.165, 1.54) is 24.3 Å². The number of rotatable bonds is 7. The van der Waals surface area contributed by atoms with Gasteiger partial charge in [-0.15, -0.1) is 0 Å². The van der Waals surface area contributed by atoms with E-state index in [0.29, 0.717) is 12.5 Å². The van der Waals surface area contributed by atoms with Gasteiger partial charge in [-0.05, 0) is 31.7 Å². The van der Waals surface area contributed by atoms with E-state index in [2.05, 4.69) is 10.6 Å². The number of nitrogens with one attached hydrogen (secondary N) is 2. The first kappa shape index (κ1) is 16.9. The molecule has 1 aliphatic rings. The molecule has 0 bridgehead atoms. The number of amides is 2. The molecule has 0 aromatic heterocycles. The summed E-state index contributed by atoms with van der Waals surface area (Å²) in [6.07, 6.45) is 2.10. The number of carbonyl (C=O) groups excluding carboxylic acids is 2. The van der Waals surface area contributed by atoms with Crippen molar-refractivity contribution in [2.24, 2.45) is 11.7 Å². The average molecular weight is 320 g/mol. The Kier molecular flexibility index (Phi) is 5.28. The van der Waals surface area contributed by atoms with Gasteiger partial charge in [-0.3, -0.25) is 19.7 Å². The molecule has 1 aromatic carbocycles. The maximum absolute atomic E-state index is 12.1. The van der Waals surface area contributed by atoms with Gasteiger partial charge in [0.25, 0.3) is 11.6 Å². The lowest BCUT2D eigenvalue weighted by Gasteiger charge is -2.20. The largest absolute Gasteiger partial charge is 0.350 e. The molecular formula is C15H20N4O4. The summed E-state index contributed by atoms with van der Waals surface area (Å²) >= 11 is 0. The van der Waals surface area contributed by atoms with Crippen LogP contribution in [0.15, 0.2) is 24.3 Å². The van der Waals surface area contributed by atoms with Gasteiger partial charge in [-0.1, -0.05) is 6.07 Å². The van der Waals surface area contributed by atoms with Crippen molar-refractivity contribution in [2.75, 3.05) is 6.54 Å². The van der Waals surface area contributed by atoms with Crippen molar-refractivity contribution in [3.05, 3.63) is 39.9 Å². The van der Waals surface area contributed by atoms with E-state index in [1.807, 2.05) is 0 Å². The molecule has 2 atom stereocenters. The number of nitrogens with two attached hydrogens (primary N) is 1.